The van der Waals surface area contributed by atoms with Gasteiger partial charge in [0.15, 0.2) is 5.82 Å². The molecule has 6 fully saturated rings. The van der Waals surface area contributed by atoms with E-state index in [4.69, 9.17) is 28.2 Å². The molecule has 296 valence electrons. The minimum absolute atomic E-state index is 0.0364. The van der Waals surface area contributed by atoms with E-state index in [0.717, 1.165) is 42.3 Å². The number of amides is 1. The van der Waals surface area contributed by atoms with Gasteiger partial charge in [0.05, 0.1) is 33.7 Å². The Morgan fingerprint density at radius 2 is 1.84 bits per heavy atom. The van der Waals surface area contributed by atoms with Gasteiger partial charge >= 0.3 is 6.36 Å². The monoisotopic (exact) mass is 818 g/mol. The summed E-state index contributed by atoms with van der Waals surface area (Å²) in [6.45, 7) is 4.10. The topological polar surface area (TPSA) is 97.3 Å². The van der Waals surface area contributed by atoms with Gasteiger partial charge in [0.25, 0.3) is 0 Å². The van der Waals surface area contributed by atoms with Crippen LogP contribution in [0.15, 0.2) is 54.6 Å². The Labute approximate surface area is 337 Å². The van der Waals surface area contributed by atoms with Gasteiger partial charge in [-0.2, -0.15) is 5.26 Å². The summed E-state index contributed by atoms with van der Waals surface area (Å²) in [5.74, 6) is 0.204. The molecule has 14 heteroatoms. The minimum Gasteiger partial charge on any atom is -0.406 e. The number of fused-ring (bicyclic) bond motifs is 6. The number of aromatic amines is 1. The number of pyridine rings is 1. The number of alkyl halides is 3. The van der Waals surface area contributed by atoms with Crippen molar-refractivity contribution in [1.82, 2.24) is 20.2 Å². The summed E-state index contributed by atoms with van der Waals surface area (Å²) in [5, 5.41) is 14.6. The highest BCUT2D eigenvalue weighted by atomic mass is 35.5. The summed E-state index contributed by atoms with van der Waals surface area (Å²) in [4.78, 5) is 26.3. The Kier molecular flexibility index (Phi) is 9.77. The van der Waals surface area contributed by atoms with Gasteiger partial charge in [-0.1, -0.05) is 41.4 Å². The standard InChI is InChI=1S/C38H31Cl2F4N5O2.C5H9N/c1-19-27-16-30(47-34(27)28-14-21(5-4-12-45)31(33(41)35(28)46-19)26-8-3-9-29(39)32(26)40)36-22-13-24(49(36)37(50)20-10-11-20)18-48(17-22)23-6-2-7-25(15-23)51-38(42,43)44;1-4-2-5(1)6-3-4/h2-3,6-9,14-16,20,22,24,36,47H,4-5,10-11,13,17-18H2,1H3;4-6H,1-3H2. The van der Waals surface area contributed by atoms with E-state index < -0.39 is 12.2 Å². The van der Waals surface area contributed by atoms with E-state index in [-0.39, 0.29) is 69.5 Å². The van der Waals surface area contributed by atoms with Crippen molar-refractivity contribution in [3.63, 3.8) is 0 Å². The molecule has 0 radical (unpaired) electrons. The fraction of sp³-hybridized carbons (Fsp3) is 0.419. The summed E-state index contributed by atoms with van der Waals surface area (Å²) in [5.41, 5.74) is 4.03. The number of carbonyl (C=O) groups excluding carboxylic acids is 1. The SMILES string of the molecule is C1NC2CC1C2.Cc1nc2c(F)c(-c3cccc(Cl)c3Cl)c(CCC#N)cc2c2[nH]c(C3C4CC(CN(c5cccc(OC(F)(F)F)c5)C4)N3C(=O)C3CC3)cc12. The van der Waals surface area contributed by atoms with Crippen LogP contribution in [0.25, 0.3) is 32.9 Å². The Morgan fingerprint density at radius 1 is 1.05 bits per heavy atom. The predicted octanol–water partition coefficient (Wildman–Crippen LogP) is 10.0. The second kappa shape index (κ2) is 14.7. The van der Waals surface area contributed by atoms with Crippen molar-refractivity contribution in [2.24, 2.45) is 17.8 Å². The fourth-order valence-corrected chi connectivity index (χ4v) is 9.87. The smallest absolute Gasteiger partial charge is 0.406 e. The number of benzene rings is 3. The van der Waals surface area contributed by atoms with Gasteiger partial charge in [-0.15, -0.1) is 13.2 Å². The number of hydrogen-bond acceptors (Lipinski definition) is 6. The van der Waals surface area contributed by atoms with Crippen LogP contribution in [0.3, 0.4) is 0 Å². The molecule has 11 rings (SSSR count). The molecule has 1 amide bonds. The van der Waals surface area contributed by atoms with Crippen molar-refractivity contribution in [3.8, 4) is 22.9 Å². The molecule has 57 heavy (non-hydrogen) atoms. The van der Waals surface area contributed by atoms with E-state index in [1.54, 1.807) is 24.3 Å². The molecule has 2 N–H and O–H groups in total. The maximum atomic E-state index is 16.7. The van der Waals surface area contributed by atoms with Crippen LogP contribution in [0, 0.1) is 41.8 Å². The second-order valence-corrected chi connectivity index (χ2v) is 16.9. The van der Waals surface area contributed by atoms with Crippen LogP contribution in [0.5, 0.6) is 5.75 Å². The van der Waals surface area contributed by atoms with E-state index in [2.05, 4.69) is 21.1 Å². The highest BCUT2D eigenvalue weighted by Gasteiger charge is 2.52. The molecule has 0 spiro atoms. The molecule has 2 saturated carbocycles. The molecule has 4 aliphatic heterocycles. The van der Waals surface area contributed by atoms with Gasteiger partial charge in [0, 0.05) is 82.4 Å². The molecule has 6 heterocycles. The van der Waals surface area contributed by atoms with Crippen LogP contribution in [0.4, 0.5) is 23.2 Å². The van der Waals surface area contributed by atoms with Gasteiger partial charge in [-0.05, 0) is 93.8 Å². The summed E-state index contributed by atoms with van der Waals surface area (Å²) in [7, 11) is 0. The Hall–Kier alpha value is -4.57. The third kappa shape index (κ3) is 7.17. The van der Waals surface area contributed by atoms with Crippen molar-refractivity contribution in [3.05, 3.63) is 87.4 Å². The Balaban J connectivity index is 0.000000637. The first kappa shape index (κ1) is 38.0. The number of rotatable bonds is 7. The highest BCUT2D eigenvalue weighted by Crippen LogP contribution is 2.49. The number of ether oxygens (including phenoxy) is 1. The van der Waals surface area contributed by atoms with Gasteiger partial charge < -0.3 is 24.8 Å². The number of aryl methyl sites for hydroxylation is 2. The van der Waals surface area contributed by atoms with Crippen LogP contribution in [0.2, 0.25) is 10.0 Å². The maximum Gasteiger partial charge on any atom is 0.573 e. The molecule has 3 atom stereocenters. The van der Waals surface area contributed by atoms with E-state index >= 15 is 4.39 Å². The number of aromatic nitrogens is 2. The van der Waals surface area contributed by atoms with Crippen molar-refractivity contribution < 1.29 is 27.1 Å². The molecule has 6 aliphatic rings. The molecule has 3 unspecified atom stereocenters. The molecule has 2 aromatic heterocycles. The van der Waals surface area contributed by atoms with E-state index in [1.807, 2.05) is 28.9 Å². The van der Waals surface area contributed by atoms with Crippen LogP contribution in [0.1, 0.15) is 61.5 Å². The highest BCUT2D eigenvalue weighted by molar-refractivity contribution is 6.43. The molecular formula is C43H40Cl2F4N6O2. The number of H-pyrrole nitrogens is 1. The van der Waals surface area contributed by atoms with Crippen LogP contribution in [-0.2, 0) is 11.2 Å². The summed E-state index contributed by atoms with van der Waals surface area (Å²) in [6.07, 6.45) is 0.940. The first-order valence-corrected chi connectivity index (χ1v) is 20.2. The number of halogens is 6. The number of nitrogens with one attached hydrogen (secondary N) is 2. The largest absolute Gasteiger partial charge is 0.573 e. The molecule has 4 bridgehead atoms. The van der Waals surface area contributed by atoms with E-state index in [1.165, 1.54) is 37.6 Å². The summed E-state index contributed by atoms with van der Waals surface area (Å²) < 4.78 is 60.0. The van der Waals surface area contributed by atoms with Crippen LogP contribution >= 0.6 is 23.2 Å². The number of carbonyl (C=O) groups is 1. The van der Waals surface area contributed by atoms with Gasteiger partial charge in [0.1, 0.15) is 11.3 Å². The number of nitrogens with zero attached hydrogens (tertiary/aromatic N) is 4. The lowest BCUT2D eigenvalue weighted by molar-refractivity contribution is -0.274. The van der Waals surface area contributed by atoms with Crippen LogP contribution < -0.4 is 15.0 Å². The normalized spacial score (nSPS) is 23.6. The lowest BCUT2D eigenvalue weighted by Crippen LogP contribution is -2.44. The number of anilines is 1. The third-order valence-electron chi connectivity index (χ3n) is 12.3. The van der Waals surface area contributed by atoms with Gasteiger partial charge in [-0.3, -0.25) is 4.79 Å². The molecule has 2 aliphatic carbocycles. The lowest BCUT2D eigenvalue weighted by atomic mass is 9.87. The van der Waals surface area contributed by atoms with E-state index in [0.29, 0.717) is 46.5 Å². The van der Waals surface area contributed by atoms with Crippen molar-refractivity contribution in [2.45, 2.75) is 76.4 Å². The van der Waals surface area contributed by atoms with Crippen molar-refractivity contribution >= 4 is 56.6 Å². The molecule has 8 nitrogen and oxygen atoms in total. The van der Waals surface area contributed by atoms with Crippen molar-refractivity contribution in [2.75, 3.05) is 24.5 Å². The molecule has 3 aromatic carbocycles. The zero-order valence-electron chi connectivity index (χ0n) is 31.1. The zero-order chi connectivity index (χ0) is 39.7. The number of piperidine rings is 1. The maximum absolute atomic E-state index is 16.7. The average molecular weight is 820 g/mol. The lowest BCUT2D eigenvalue weighted by Gasteiger charge is -2.34. The van der Waals surface area contributed by atoms with Crippen molar-refractivity contribution in [1.29, 1.82) is 5.26 Å². The van der Waals surface area contributed by atoms with Gasteiger partial charge in [0.2, 0.25) is 5.91 Å². The first-order valence-electron chi connectivity index (χ1n) is 19.5. The number of hydrogen-bond donors (Lipinski definition) is 2. The summed E-state index contributed by atoms with van der Waals surface area (Å²) in [6, 6.07) is 17.4. The third-order valence-corrected chi connectivity index (χ3v) is 13.1. The minimum atomic E-state index is -4.81. The quantitative estimate of drug-likeness (QED) is 0.159. The predicted molar refractivity (Wildman–Crippen MR) is 212 cm³/mol. The zero-order valence-corrected chi connectivity index (χ0v) is 32.6. The first-order chi connectivity index (χ1) is 27.4. The summed E-state index contributed by atoms with van der Waals surface area (Å²) >= 11 is 12.9. The average Bonchev–Trinajstić information content (AvgIpc) is 3.44. The number of nitriles is 1. The van der Waals surface area contributed by atoms with Gasteiger partial charge in [-0.25, -0.2) is 9.37 Å². The Morgan fingerprint density at radius 3 is 2.53 bits per heavy atom. The molecule has 4 saturated heterocycles. The number of likely N-dealkylation sites (tertiary alicyclic amines) is 1. The molecule has 5 aromatic rings. The Bertz CT molecular complexity index is 2430. The second-order valence-electron chi connectivity index (χ2n) is 16.1. The van der Waals surface area contributed by atoms with E-state index in [9.17, 15) is 23.2 Å². The fourth-order valence-electron chi connectivity index (χ4n) is 9.48. The molecular weight excluding hydrogens is 779 g/mol. The van der Waals surface area contributed by atoms with Crippen LogP contribution in [-0.4, -0.2) is 58.9 Å².